The second kappa shape index (κ2) is 3.12. The largest absolute Gasteiger partial charge is 0.366 e. The first-order valence-electron chi connectivity index (χ1n) is 5.28. The Morgan fingerprint density at radius 1 is 1.43 bits per heavy atom. The summed E-state index contributed by atoms with van der Waals surface area (Å²) < 4.78 is 0. The molecule has 72 valence electrons. The van der Waals surface area contributed by atoms with Crippen LogP contribution >= 0.6 is 0 Å². The average molecular weight is 186 g/mol. The third kappa shape index (κ3) is 1.14. The molecule has 1 fully saturated rings. The molecule has 0 amide bonds. The van der Waals surface area contributed by atoms with Gasteiger partial charge in [-0.2, -0.15) is 0 Å². The van der Waals surface area contributed by atoms with E-state index < -0.39 is 0 Å². The minimum absolute atomic E-state index is 0.708. The van der Waals surface area contributed by atoms with Gasteiger partial charge in [-0.3, -0.25) is 4.98 Å². The van der Waals surface area contributed by atoms with Crippen molar-refractivity contribution in [1.82, 2.24) is 4.98 Å². The smallest absolute Gasteiger partial charge is 0.0555 e. The summed E-state index contributed by atoms with van der Waals surface area (Å²) in [5.74, 6) is 0.787. The van der Waals surface area contributed by atoms with Crippen molar-refractivity contribution in [2.75, 3.05) is 11.4 Å². The van der Waals surface area contributed by atoms with Gasteiger partial charge < -0.3 is 4.90 Å². The lowest BCUT2D eigenvalue weighted by Gasteiger charge is -2.25. The van der Waals surface area contributed by atoms with Gasteiger partial charge in [0.1, 0.15) is 0 Å². The lowest BCUT2D eigenvalue weighted by molar-refractivity contribution is 0.601. The number of anilines is 1. The fourth-order valence-electron chi connectivity index (χ4n) is 2.64. The van der Waals surface area contributed by atoms with Crippen LogP contribution in [-0.4, -0.2) is 17.6 Å². The second-order valence-corrected chi connectivity index (χ2v) is 4.09. The van der Waals surface area contributed by atoms with Gasteiger partial charge in [0.2, 0.25) is 0 Å². The van der Waals surface area contributed by atoms with E-state index in [1.807, 2.05) is 18.5 Å². The highest BCUT2D eigenvalue weighted by atomic mass is 15.2. The SMILES string of the molecule is C1=CC2CCN(c3cccnc3)C2C1. The fourth-order valence-corrected chi connectivity index (χ4v) is 2.64. The number of nitrogens with zero attached hydrogens (tertiary/aromatic N) is 2. The predicted octanol–water partition coefficient (Wildman–Crippen LogP) is 2.24. The van der Waals surface area contributed by atoms with Gasteiger partial charge in [0.25, 0.3) is 0 Å². The summed E-state index contributed by atoms with van der Waals surface area (Å²) in [4.78, 5) is 6.68. The van der Waals surface area contributed by atoms with Crippen LogP contribution in [-0.2, 0) is 0 Å². The molecule has 1 saturated heterocycles. The van der Waals surface area contributed by atoms with E-state index in [9.17, 15) is 0 Å². The van der Waals surface area contributed by atoms with E-state index in [0.717, 1.165) is 5.92 Å². The predicted molar refractivity (Wildman–Crippen MR) is 57.2 cm³/mol. The lowest BCUT2D eigenvalue weighted by atomic mass is 10.1. The van der Waals surface area contributed by atoms with Crippen molar-refractivity contribution in [1.29, 1.82) is 0 Å². The third-order valence-corrected chi connectivity index (χ3v) is 3.34. The maximum Gasteiger partial charge on any atom is 0.0555 e. The van der Waals surface area contributed by atoms with Crippen molar-refractivity contribution >= 4 is 5.69 Å². The molecule has 1 aliphatic carbocycles. The minimum atomic E-state index is 0.708. The van der Waals surface area contributed by atoms with Gasteiger partial charge in [-0.05, 0) is 30.9 Å². The Hall–Kier alpha value is -1.31. The molecule has 2 heterocycles. The standard InChI is InChI=1S/C12H14N2/c1-3-10-6-8-14(12(10)5-1)11-4-2-7-13-9-11/h1-4,7,9-10,12H,5-6,8H2. The monoisotopic (exact) mass is 186 g/mol. The maximum absolute atomic E-state index is 4.18. The van der Waals surface area contributed by atoms with Crippen LogP contribution in [0.15, 0.2) is 36.7 Å². The summed E-state index contributed by atoms with van der Waals surface area (Å²) in [6, 6.07) is 4.89. The van der Waals surface area contributed by atoms with E-state index in [4.69, 9.17) is 0 Å². The summed E-state index contributed by atoms with van der Waals surface area (Å²) in [5.41, 5.74) is 1.28. The van der Waals surface area contributed by atoms with Crippen LogP contribution in [0.1, 0.15) is 12.8 Å². The summed E-state index contributed by atoms with van der Waals surface area (Å²) in [6.45, 7) is 1.19. The zero-order valence-corrected chi connectivity index (χ0v) is 8.13. The highest BCUT2D eigenvalue weighted by Gasteiger charge is 2.34. The van der Waals surface area contributed by atoms with Crippen molar-refractivity contribution in [3.05, 3.63) is 36.7 Å². The molecule has 2 nitrogen and oxygen atoms in total. The summed E-state index contributed by atoms with van der Waals surface area (Å²) in [7, 11) is 0. The van der Waals surface area contributed by atoms with Crippen LogP contribution in [0.25, 0.3) is 0 Å². The normalized spacial score (nSPS) is 29.6. The molecule has 0 saturated carbocycles. The third-order valence-electron chi connectivity index (χ3n) is 3.34. The van der Waals surface area contributed by atoms with Crippen molar-refractivity contribution in [3.8, 4) is 0 Å². The van der Waals surface area contributed by atoms with Crippen LogP contribution < -0.4 is 4.90 Å². The van der Waals surface area contributed by atoms with Crippen molar-refractivity contribution in [2.45, 2.75) is 18.9 Å². The first kappa shape index (κ1) is 8.04. The molecule has 0 N–H and O–H groups in total. The molecule has 0 bridgehead atoms. The molecule has 3 rings (SSSR count). The zero-order chi connectivity index (χ0) is 9.38. The molecule has 0 radical (unpaired) electrons. The Kier molecular flexibility index (Phi) is 1.79. The van der Waals surface area contributed by atoms with E-state index in [2.05, 4.69) is 28.1 Å². The van der Waals surface area contributed by atoms with Gasteiger partial charge in [0, 0.05) is 18.8 Å². The molecular weight excluding hydrogens is 172 g/mol. The van der Waals surface area contributed by atoms with Crippen molar-refractivity contribution in [3.63, 3.8) is 0 Å². The van der Waals surface area contributed by atoms with Crippen molar-refractivity contribution in [2.24, 2.45) is 5.92 Å². The van der Waals surface area contributed by atoms with E-state index in [1.165, 1.54) is 25.1 Å². The van der Waals surface area contributed by atoms with E-state index in [-0.39, 0.29) is 0 Å². The number of fused-ring (bicyclic) bond motifs is 1. The van der Waals surface area contributed by atoms with Crippen molar-refractivity contribution < 1.29 is 0 Å². The quantitative estimate of drug-likeness (QED) is 0.625. The molecule has 14 heavy (non-hydrogen) atoms. The number of rotatable bonds is 1. The van der Waals surface area contributed by atoms with Gasteiger partial charge in [0.05, 0.1) is 11.9 Å². The van der Waals surface area contributed by atoms with Gasteiger partial charge in [-0.25, -0.2) is 0 Å². The van der Waals surface area contributed by atoms with Gasteiger partial charge >= 0.3 is 0 Å². The number of hydrogen-bond acceptors (Lipinski definition) is 2. The first-order chi connectivity index (χ1) is 6.95. The fraction of sp³-hybridized carbons (Fsp3) is 0.417. The van der Waals surface area contributed by atoms with Crippen LogP contribution in [0.4, 0.5) is 5.69 Å². The number of hydrogen-bond donors (Lipinski definition) is 0. The van der Waals surface area contributed by atoms with Gasteiger partial charge in [0.15, 0.2) is 0 Å². The molecule has 1 aliphatic heterocycles. The highest BCUT2D eigenvalue weighted by Crippen LogP contribution is 2.35. The molecule has 2 atom stereocenters. The van der Waals surface area contributed by atoms with Crippen LogP contribution in [0, 0.1) is 5.92 Å². The summed E-state index contributed by atoms with van der Waals surface area (Å²) >= 11 is 0. The Bertz CT molecular complexity index is 345. The van der Waals surface area contributed by atoms with Gasteiger partial charge in [-0.1, -0.05) is 12.2 Å². The maximum atomic E-state index is 4.18. The number of aromatic nitrogens is 1. The minimum Gasteiger partial charge on any atom is -0.366 e. The lowest BCUT2D eigenvalue weighted by Crippen LogP contribution is -2.29. The molecule has 0 aromatic carbocycles. The number of pyridine rings is 1. The Morgan fingerprint density at radius 3 is 3.29 bits per heavy atom. The summed E-state index contributed by atoms with van der Waals surface area (Å²) in [6.07, 6.45) is 11.0. The summed E-state index contributed by atoms with van der Waals surface area (Å²) in [5, 5.41) is 0. The second-order valence-electron chi connectivity index (χ2n) is 4.09. The van der Waals surface area contributed by atoms with Crippen LogP contribution in [0.5, 0.6) is 0 Å². The Labute approximate surface area is 84.3 Å². The molecule has 2 heteroatoms. The molecule has 0 spiro atoms. The first-order valence-corrected chi connectivity index (χ1v) is 5.28. The Balaban J connectivity index is 1.87. The van der Waals surface area contributed by atoms with Crippen LogP contribution in [0.2, 0.25) is 0 Å². The molecule has 1 aromatic rings. The van der Waals surface area contributed by atoms with E-state index in [0.29, 0.717) is 6.04 Å². The van der Waals surface area contributed by atoms with Crippen LogP contribution in [0.3, 0.4) is 0 Å². The topological polar surface area (TPSA) is 16.1 Å². The molecule has 2 aliphatic rings. The molecule has 2 unspecified atom stereocenters. The zero-order valence-electron chi connectivity index (χ0n) is 8.13. The highest BCUT2D eigenvalue weighted by molar-refractivity contribution is 5.47. The average Bonchev–Trinajstić information content (AvgIpc) is 2.79. The molecule has 1 aromatic heterocycles. The van der Waals surface area contributed by atoms with Gasteiger partial charge in [-0.15, -0.1) is 0 Å². The Morgan fingerprint density at radius 2 is 2.43 bits per heavy atom. The van der Waals surface area contributed by atoms with E-state index >= 15 is 0 Å². The van der Waals surface area contributed by atoms with E-state index in [1.54, 1.807) is 0 Å². The molecular formula is C12H14N2.